The lowest BCUT2D eigenvalue weighted by atomic mass is 10.0. The molecule has 4 rings (SSSR count). The van der Waals surface area contributed by atoms with Crippen LogP contribution in [-0.4, -0.2) is 11.8 Å². The van der Waals surface area contributed by atoms with E-state index in [1.54, 1.807) is 6.07 Å². The molecule has 3 aromatic carbocycles. The minimum atomic E-state index is -0.291. The zero-order chi connectivity index (χ0) is 14.4. The van der Waals surface area contributed by atoms with Gasteiger partial charge >= 0.3 is 0 Å². The van der Waals surface area contributed by atoms with Crippen LogP contribution in [-0.2, 0) is 9.59 Å². The highest BCUT2D eigenvalue weighted by Gasteiger charge is 2.26. The second-order valence-corrected chi connectivity index (χ2v) is 5.04. The van der Waals surface area contributed by atoms with E-state index < -0.39 is 0 Å². The maximum absolute atomic E-state index is 11.9. The van der Waals surface area contributed by atoms with Crippen molar-refractivity contribution in [3.05, 3.63) is 66.7 Å². The van der Waals surface area contributed by atoms with Gasteiger partial charge in [0.2, 0.25) is 0 Å². The van der Waals surface area contributed by atoms with E-state index in [9.17, 15) is 9.59 Å². The van der Waals surface area contributed by atoms with Crippen molar-refractivity contribution in [1.29, 1.82) is 0 Å². The fourth-order valence-electron chi connectivity index (χ4n) is 2.78. The van der Waals surface area contributed by atoms with Gasteiger partial charge in [-0.25, -0.2) is 4.90 Å². The first kappa shape index (κ1) is 11.9. The normalized spacial score (nSPS) is 14.6. The predicted octanol–water partition coefficient (Wildman–Crippen LogP) is 3.42. The molecule has 1 aliphatic rings. The Morgan fingerprint density at radius 3 is 2.00 bits per heavy atom. The Labute approximate surface area is 121 Å². The largest absolute Gasteiger partial charge is 0.269 e. The quantitative estimate of drug-likeness (QED) is 0.503. The molecule has 1 heterocycles. The standard InChI is InChI=1S/C18H11NO2/c20-17-8-9-18(21)19(17)16-7-3-6-14-10-12-4-1-2-5-13(12)11-15(14)16/h1-11H. The number of anilines is 1. The van der Waals surface area contributed by atoms with Crippen LogP contribution < -0.4 is 4.90 Å². The summed E-state index contributed by atoms with van der Waals surface area (Å²) in [6.45, 7) is 0. The molecule has 0 bridgehead atoms. The highest BCUT2D eigenvalue weighted by molar-refractivity contribution is 6.30. The Hall–Kier alpha value is -2.94. The van der Waals surface area contributed by atoms with Crippen LogP contribution in [0.3, 0.4) is 0 Å². The summed E-state index contributed by atoms with van der Waals surface area (Å²) in [5.74, 6) is -0.582. The van der Waals surface area contributed by atoms with E-state index in [0.717, 1.165) is 21.5 Å². The number of carbonyl (C=O) groups is 2. The molecule has 3 heteroatoms. The summed E-state index contributed by atoms with van der Waals surface area (Å²) in [5.41, 5.74) is 0.637. The molecule has 0 unspecified atom stereocenters. The molecule has 0 saturated heterocycles. The molecule has 3 nitrogen and oxygen atoms in total. The molecule has 0 spiro atoms. The zero-order valence-corrected chi connectivity index (χ0v) is 11.1. The van der Waals surface area contributed by atoms with Gasteiger partial charge in [-0.1, -0.05) is 36.4 Å². The number of amides is 2. The Bertz CT molecular complexity index is 922. The predicted molar refractivity (Wildman–Crippen MR) is 83.1 cm³/mol. The van der Waals surface area contributed by atoms with Crippen molar-refractivity contribution in [2.75, 3.05) is 4.90 Å². The van der Waals surface area contributed by atoms with Gasteiger partial charge in [0.1, 0.15) is 0 Å². The number of carbonyl (C=O) groups excluding carboxylic acids is 2. The van der Waals surface area contributed by atoms with E-state index in [4.69, 9.17) is 0 Å². The molecule has 3 aromatic rings. The molecule has 2 amide bonds. The number of nitrogens with zero attached hydrogens (tertiary/aromatic N) is 1. The zero-order valence-electron chi connectivity index (χ0n) is 11.1. The Kier molecular flexibility index (Phi) is 2.42. The number of fused-ring (bicyclic) bond motifs is 2. The summed E-state index contributed by atoms with van der Waals surface area (Å²) >= 11 is 0. The number of imide groups is 1. The van der Waals surface area contributed by atoms with Crippen LogP contribution in [0.25, 0.3) is 21.5 Å². The molecule has 0 saturated carbocycles. The molecule has 1 aliphatic heterocycles. The smallest absolute Gasteiger partial charge is 0.258 e. The molecule has 0 atom stereocenters. The van der Waals surface area contributed by atoms with Crippen LogP contribution in [0.5, 0.6) is 0 Å². The second kappa shape index (κ2) is 4.28. The lowest BCUT2D eigenvalue weighted by molar-refractivity contribution is -0.119. The first-order valence-electron chi connectivity index (χ1n) is 6.72. The molecule has 0 aromatic heterocycles. The molecule has 100 valence electrons. The minimum absolute atomic E-state index is 0.291. The van der Waals surface area contributed by atoms with Crippen LogP contribution in [0.1, 0.15) is 0 Å². The molecular formula is C18H11NO2. The van der Waals surface area contributed by atoms with Crippen molar-refractivity contribution in [2.45, 2.75) is 0 Å². The van der Waals surface area contributed by atoms with Gasteiger partial charge in [-0.3, -0.25) is 9.59 Å². The monoisotopic (exact) mass is 273 g/mol. The van der Waals surface area contributed by atoms with Crippen molar-refractivity contribution in [2.24, 2.45) is 0 Å². The van der Waals surface area contributed by atoms with Crippen LogP contribution >= 0.6 is 0 Å². The summed E-state index contributed by atoms with van der Waals surface area (Å²) in [5, 5.41) is 4.14. The van der Waals surface area contributed by atoms with Crippen molar-refractivity contribution >= 4 is 39.0 Å². The number of hydrogen-bond donors (Lipinski definition) is 0. The lowest BCUT2D eigenvalue weighted by Gasteiger charge is -2.16. The highest BCUT2D eigenvalue weighted by Crippen LogP contribution is 2.32. The lowest BCUT2D eigenvalue weighted by Crippen LogP contribution is -2.29. The first-order chi connectivity index (χ1) is 10.2. The van der Waals surface area contributed by atoms with Crippen molar-refractivity contribution in [3.63, 3.8) is 0 Å². The summed E-state index contributed by atoms with van der Waals surface area (Å²) in [4.78, 5) is 25.0. The molecular weight excluding hydrogens is 262 g/mol. The molecule has 21 heavy (non-hydrogen) atoms. The Morgan fingerprint density at radius 1 is 0.667 bits per heavy atom. The van der Waals surface area contributed by atoms with E-state index >= 15 is 0 Å². The third-order valence-electron chi connectivity index (χ3n) is 3.77. The summed E-state index contributed by atoms with van der Waals surface area (Å²) in [6.07, 6.45) is 2.62. The van der Waals surface area contributed by atoms with E-state index in [1.165, 1.54) is 17.1 Å². The van der Waals surface area contributed by atoms with Gasteiger partial charge in [0.05, 0.1) is 5.69 Å². The van der Waals surface area contributed by atoms with Crippen molar-refractivity contribution in [1.82, 2.24) is 0 Å². The van der Waals surface area contributed by atoms with E-state index in [1.807, 2.05) is 36.4 Å². The van der Waals surface area contributed by atoms with Gasteiger partial charge in [-0.15, -0.1) is 0 Å². The molecule has 0 N–H and O–H groups in total. The summed E-state index contributed by atoms with van der Waals surface area (Å²) in [6, 6.07) is 17.8. The Balaban J connectivity index is 2.03. The van der Waals surface area contributed by atoms with Gasteiger partial charge in [0, 0.05) is 17.5 Å². The SMILES string of the molecule is O=C1C=CC(=O)N1c1cccc2cc3ccccc3cc12. The third-order valence-corrected chi connectivity index (χ3v) is 3.77. The number of hydrogen-bond acceptors (Lipinski definition) is 2. The fourth-order valence-corrected chi connectivity index (χ4v) is 2.78. The van der Waals surface area contributed by atoms with Gasteiger partial charge in [-0.2, -0.15) is 0 Å². The van der Waals surface area contributed by atoms with E-state index in [-0.39, 0.29) is 11.8 Å². The van der Waals surface area contributed by atoms with Gasteiger partial charge in [0.25, 0.3) is 11.8 Å². The minimum Gasteiger partial charge on any atom is -0.269 e. The van der Waals surface area contributed by atoms with Crippen molar-refractivity contribution in [3.8, 4) is 0 Å². The summed E-state index contributed by atoms with van der Waals surface area (Å²) < 4.78 is 0. The second-order valence-electron chi connectivity index (χ2n) is 5.04. The maximum atomic E-state index is 11.9. The average Bonchev–Trinajstić information content (AvgIpc) is 2.84. The fraction of sp³-hybridized carbons (Fsp3) is 0. The van der Waals surface area contributed by atoms with E-state index in [2.05, 4.69) is 12.1 Å². The van der Waals surface area contributed by atoms with Gasteiger partial charge in [-0.05, 0) is 34.4 Å². The highest BCUT2D eigenvalue weighted by atomic mass is 16.2. The van der Waals surface area contributed by atoms with E-state index in [0.29, 0.717) is 5.69 Å². The number of benzene rings is 3. The maximum Gasteiger partial charge on any atom is 0.258 e. The van der Waals surface area contributed by atoms with Crippen molar-refractivity contribution < 1.29 is 9.59 Å². The van der Waals surface area contributed by atoms with Crippen LogP contribution in [0, 0.1) is 0 Å². The number of rotatable bonds is 1. The van der Waals surface area contributed by atoms with Gasteiger partial charge < -0.3 is 0 Å². The van der Waals surface area contributed by atoms with Crippen LogP contribution in [0.2, 0.25) is 0 Å². The molecule has 0 aliphatic carbocycles. The van der Waals surface area contributed by atoms with Crippen LogP contribution in [0.15, 0.2) is 66.7 Å². The molecule has 0 fully saturated rings. The molecule has 0 radical (unpaired) electrons. The van der Waals surface area contributed by atoms with Gasteiger partial charge in [0.15, 0.2) is 0 Å². The third kappa shape index (κ3) is 1.75. The topological polar surface area (TPSA) is 37.4 Å². The average molecular weight is 273 g/mol. The Morgan fingerprint density at radius 2 is 1.29 bits per heavy atom. The summed E-state index contributed by atoms with van der Waals surface area (Å²) in [7, 11) is 0. The van der Waals surface area contributed by atoms with Crippen LogP contribution in [0.4, 0.5) is 5.69 Å². The first-order valence-corrected chi connectivity index (χ1v) is 6.72.